The molecule has 0 fully saturated rings. The summed E-state index contributed by atoms with van der Waals surface area (Å²) in [7, 11) is 0. The summed E-state index contributed by atoms with van der Waals surface area (Å²) < 4.78 is 1.96. The molecule has 246 valence electrons. The minimum Gasteiger partial charge on any atom is -0.287 e. The Balaban J connectivity index is 1.14. The maximum Gasteiger partial charge on any atom is 0.271 e. The molecule has 0 bridgehead atoms. The molecule has 0 spiro atoms. The first kappa shape index (κ1) is 31.9. The molecule has 0 unspecified atom stereocenters. The van der Waals surface area contributed by atoms with Crippen molar-refractivity contribution >= 4 is 87.0 Å². The number of nitriles is 2. The van der Waals surface area contributed by atoms with Gasteiger partial charge in [0.05, 0.1) is 25.3 Å². The van der Waals surface area contributed by atoms with Crippen molar-refractivity contribution in [3.8, 4) is 23.3 Å². The number of carbonyl (C=O) groups excluding carboxylic acids is 2. The molecule has 2 heterocycles. The van der Waals surface area contributed by atoms with Crippen molar-refractivity contribution in [2.24, 2.45) is 9.98 Å². The Hall–Kier alpha value is -7.08. The lowest BCUT2D eigenvalue weighted by atomic mass is 9.82. The van der Waals surface area contributed by atoms with E-state index in [2.05, 4.69) is 47.8 Å². The number of thiophene rings is 2. The van der Waals surface area contributed by atoms with Crippen LogP contribution in [0.5, 0.6) is 0 Å². The minimum absolute atomic E-state index is 0.103. The van der Waals surface area contributed by atoms with Gasteiger partial charge in [0.2, 0.25) is 11.6 Å². The molecule has 0 amide bonds. The minimum atomic E-state index is -0.346. The number of aliphatic imine (C=N–C) groups is 2. The van der Waals surface area contributed by atoms with Gasteiger partial charge in [-0.15, -0.1) is 22.7 Å². The van der Waals surface area contributed by atoms with Crippen LogP contribution >= 0.6 is 22.7 Å². The Labute approximate surface area is 310 Å². The summed E-state index contributed by atoms with van der Waals surface area (Å²) in [6.07, 6.45) is 0. The Bertz CT molecular complexity index is 2830. The fraction of sp³-hybridized carbons (Fsp3) is 0.0698. The second-order valence-corrected chi connectivity index (χ2v) is 15.4. The van der Waals surface area contributed by atoms with Crippen LogP contribution in [0.15, 0.2) is 106 Å². The lowest BCUT2D eigenvalue weighted by Gasteiger charge is -2.21. The van der Waals surface area contributed by atoms with E-state index in [9.17, 15) is 20.1 Å². The van der Waals surface area contributed by atoms with Crippen LogP contribution < -0.4 is 0 Å². The van der Waals surface area contributed by atoms with Crippen LogP contribution in [0, 0.1) is 35.8 Å². The highest BCUT2D eigenvalue weighted by molar-refractivity contribution is 7.23. The summed E-state index contributed by atoms with van der Waals surface area (Å²) in [4.78, 5) is 43.3. The standard InChI is InChI=1S/C43H20N6O2S2/c1-43(2)29-13-21-15-35(48-39-37(31(19-44)46-3)23-9-5-7-11-25(23)41(39)50)52-33(21)17-27(29)28-18-34-22(14-30(28)43)16-36(53-34)49-40-38(32(20-45)47-4)24-10-6-8-12-26(24)42(40)51/h5-18H,1-2H3/b37-31+,38-32?,48-39?,49-40?. The smallest absolute Gasteiger partial charge is 0.271 e. The average molecular weight is 717 g/mol. The van der Waals surface area contributed by atoms with Crippen LogP contribution in [0.2, 0.25) is 0 Å². The largest absolute Gasteiger partial charge is 0.287 e. The number of hydrogen-bond acceptors (Lipinski definition) is 8. The molecule has 9 rings (SSSR count). The molecule has 8 nitrogen and oxygen atoms in total. The molecule has 0 N–H and O–H groups in total. The number of benzene rings is 4. The van der Waals surface area contributed by atoms with Gasteiger partial charge in [-0.2, -0.15) is 0 Å². The Morgan fingerprint density at radius 1 is 0.623 bits per heavy atom. The van der Waals surface area contributed by atoms with E-state index in [1.54, 1.807) is 48.5 Å². The maximum absolute atomic E-state index is 13.5. The van der Waals surface area contributed by atoms with E-state index >= 15 is 0 Å². The van der Waals surface area contributed by atoms with Crippen LogP contribution in [-0.2, 0) is 5.41 Å². The zero-order valence-electron chi connectivity index (χ0n) is 27.9. The van der Waals surface area contributed by atoms with Gasteiger partial charge in [0.15, 0.2) is 0 Å². The number of nitrogens with zero attached hydrogens (tertiary/aromatic N) is 6. The highest BCUT2D eigenvalue weighted by Gasteiger charge is 2.38. The first-order valence-corrected chi connectivity index (χ1v) is 18.0. The molecule has 3 aliphatic rings. The van der Waals surface area contributed by atoms with E-state index in [1.165, 1.54) is 22.7 Å². The van der Waals surface area contributed by atoms with Gasteiger partial charge < -0.3 is 0 Å². The summed E-state index contributed by atoms with van der Waals surface area (Å²) in [5, 5.41) is 22.6. The fourth-order valence-electron chi connectivity index (χ4n) is 7.60. The topological polar surface area (TPSA) is 115 Å². The lowest BCUT2D eigenvalue weighted by molar-refractivity contribution is 0.106. The van der Waals surface area contributed by atoms with Gasteiger partial charge in [0.1, 0.15) is 21.4 Å². The third kappa shape index (κ3) is 4.55. The molecule has 0 radical (unpaired) electrons. The Morgan fingerprint density at radius 2 is 1.02 bits per heavy atom. The second-order valence-electron chi connectivity index (χ2n) is 13.2. The van der Waals surface area contributed by atoms with Crippen LogP contribution in [0.1, 0.15) is 56.8 Å². The van der Waals surface area contributed by atoms with Gasteiger partial charge in [0.25, 0.3) is 11.4 Å². The third-order valence-corrected chi connectivity index (χ3v) is 12.0. The van der Waals surface area contributed by atoms with Crippen LogP contribution in [-0.4, -0.2) is 23.0 Å². The van der Waals surface area contributed by atoms with Gasteiger partial charge in [-0.1, -0.05) is 62.4 Å². The first-order chi connectivity index (χ1) is 25.7. The highest BCUT2D eigenvalue weighted by Crippen LogP contribution is 2.53. The van der Waals surface area contributed by atoms with E-state index in [1.807, 2.05) is 24.3 Å². The van der Waals surface area contributed by atoms with Crippen LogP contribution in [0.25, 0.3) is 52.1 Å². The van der Waals surface area contributed by atoms with E-state index in [0.29, 0.717) is 32.3 Å². The quantitative estimate of drug-likeness (QED) is 0.131. The van der Waals surface area contributed by atoms with E-state index in [0.717, 1.165) is 42.4 Å². The predicted octanol–water partition coefficient (Wildman–Crippen LogP) is 10.7. The number of allylic oxidation sites excluding steroid dienone is 4. The molecular weight excluding hydrogens is 697 g/mol. The molecule has 6 aromatic rings. The van der Waals surface area contributed by atoms with Gasteiger partial charge in [-0.05, 0) is 80.6 Å². The summed E-state index contributed by atoms with van der Waals surface area (Å²) in [5.74, 6) is -0.616. The summed E-state index contributed by atoms with van der Waals surface area (Å²) in [6.45, 7) is 19.5. The Kier molecular flexibility index (Phi) is 6.90. The van der Waals surface area contributed by atoms with Crippen molar-refractivity contribution in [2.45, 2.75) is 19.3 Å². The van der Waals surface area contributed by atoms with Crippen LogP contribution in [0.4, 0.5) is 10.0 Å². The summed E-state index contributed by atoms with van der Waals surface area (Å²) >= 11 is 2.89. The molecule has 4 aromatic carbocycles. The van der Waals surface area contributed by atoms with Gasteiger partial charge in [-0.3, -0.25) is 9.59 Å². The number of Topliss-reactive ketones (excluding diaryl/α,β-unsaturated/α-hetero) is 2. The van der Waals surface area contributed by atoms with Crippen molar-refractivity contribution < 1.29 is 9.59 Å². The number of ketones is 2. The second kappa shape index (κ2) is 11.5. The van der Waals surface area contributed by atoms with Crippen molar-refractivity contribution in [3.63, 3.8) is 0 Å². The first-order valence-electron chi connectivity index (χ1n) is 16.3. The molecule has 0 saturated heterocycles. The van der Waals surface area contributed by atoms with Crippen molar-refractivity contribution in [1.29, 1.82) is 10.5 Å². The molecule has 2 aromatic heterocycles. The molecule has 10 heteroatoms. The maximum atomic E-state index is 13.5. The van der Waals surface area contributed by atoms with Crippen LogP contribution in [0.3, 0.4) is 0 Å². The molecule has 53 heavy (non-hydrogen) atoms. The van der Waals surface area contributed by atoms with Crippen molar-refractivity contribution in [3.05, 3.63) is 153 Å². The van der Waals surface area contributed by atoms with Gasteiger partial charge in [-0.25, -0.2) is 30.2 Å². The van der Waals surface area contributed by atoms with Gasteiger partial charge >= 0.3 is 0 Å². The van der Waals surface area contributed by atoms with Gasteiger partial charge in [0, 0.05) is 37.1 Å². The van der Waals surface area contributed by atoms with E-state index < -0.39 is 0 Å². The number of rotatable bonds is 2. The molecule has 0 saturated carbocycles. The molecule has 0 aliphatic heterocycles. The fourth-order valence-corrected chi connectivity index (χ4v) is 9.52. The molecule has 3 aliphatic carbocycles. The lowest BCUT2D eigenvalue weighted by Crippen LogP contribution is -2.14. The predicted molar refractivity (Wildman–Crippen MR) is 209 cm³/mol. The van der Waals surface area contributed by atoms with Crippen molar-refractivity contribution in [1.82, 2.24) is 0 Å². The zero-order chi connectivity index (χ0) is 36.8. The van der Waals surface area contributed by atoms with Crippen molar-refractivity contribution in [2.75, 3.05) is 0 Å². The third-order valence-electron chi connectivity index (χ3n) is 10.1. The SMILES string of the molecule is [C-]#[N+]C(C#N)=C1C(=Nc2cc3cc4c(cc3s2)-c2cc3sc(N=C5C(=O)c6ccccc6/C5=C(/C#N)[N+]#[C-])cc3cc2C4(C)C)C(=O)c2ccccc21. The molecule has 0 atom stereocenters. The molecular formula is C43H20N6O2S2. The highest BCUT2D eigenvalue weighted by atomic mass is 32.1. The number of hydrogen-bond donors (Lipinski definition) is 0. The normalized spacial score (nSPS) is 18.3. The number of fused-ring (bicyclic) bond motifs is 7. The summed E-state index contributed by atoms with van der Waals surface area (Å²) in [6, 6.07) is 30.4. The van der Waals surface area contributed by atoms with E-state index in [4.69, 9.17) is 23.1 Å². The zero-order valence-corrected chi connectivity index (χ0v) is 29.5. The van der Waals surface area contributed by atoms with E-state index in [-0.39, 0.29) is 50.9 Å². The number of carbonyl (C=O) groups is 2. The monoisotopic (exact) mass is 716 g/mol. The average Bonchev–Trinajstić information content (AvgIpc) is 3.94. The summed E-state index contributed by atoms with van der Waals surface area (Å²) in [5.41, 5.74) is 6.52. The Morgan fingerprint density at radius 3 is 1.40 bits per heavy atom.